The number of aromatic nitrogens is 1. The van der Waals surface area contributed by atoms with Gasteiger partial charge in [0.15, 0.2) is 17.5 Å². The molecule has 0 fully saturated rings. The zero-order valence-corrected chi connectivity index (χ0v) is 18.0. The summed E-state index contributed by atoms with van der Waals surface area (Å²) in [6.07, 6.45) is 1.84. The standard InChI is InChI=1S/C28H18N6/c29-24-20-11-5-6-12-21(20)26(31-24)33-28-23-14-17-8-2-1-7-16(17)13-22(23)27(34-28)32-25-19-10-4-3-9-18(19)15-30-25/h1-15,31H,29H2/b32-25?,33-28-. The Morgan fingerprint density at radius 1 is 0.676 bits per heavy atom. The Kier molecular flexibility index (Phi) is 3.90. The Hall–Kier alpha value is -4.84. The molecule has 2 aliphatic heterocycles. The summed E-state index contributed by atoms with van der Waals surface area (Å²) in [5, 5.41) is 4.15. The minimum absolute atomic E-state index is 0.591. The number of nitrogens with two attached hydrogens (primary N) is 1. The number of nitrogens with zero attached hydrogens (tertiary/aromatic N) is 4. The van der Waals surface area contributed by atoms with Crippen molar-refractivity contribution in [1.29, 1.82) is 0 Å². The topological polar surface area (TPSA) is 91.2 Å². The molecule has 0 bridgehead atoms. The maximum absolute atomic E-state index is 6.20. The van der Waals surface area contributed by atoms with Crippen LogP contribution in [0, 0.1) is 0 Å². The number of amidine groups is 3. The SMILES string of the molecule is Nc1[nH]c(/N=C2\N=C(N=C3N=Cc4ccccc43)c3cc4ccccc4cc32)c2ccccc12. The van der Waals surface area contributed by atoms with Crippen molar-refractivity contribution < 1.29 is 0 Å². The Labute approximate surface area is 194 Å². The number of nitrogen functional groups attached to an aromatic ring is 1. The van der Waals surface area contributed by atoms with E-state index in [-0.39, 0.29) is 0 Å². The Morgan fingerprint density at radius 3 is 2.24 bits per heavy atom. The first-order chi connectivity index (χ1) is 16.7. The lowest BCUT2D eigenvalue weighted by Crippen LogP contribution is -2.01. The molecule has 0 radical (unpaired) electrons. The lowest BCUT2D eigenvalue weighted by Gasteiger charge is -2.04. The number of rotatable bonds is 1. The average molecular weight is 438 g/mol. The zero-order valence-electron chi connectivity index (χ0n) is 18.0. The van der Waals surface area contributed by atoms with Crippen molar-refractivity contribution in [2.24, 2.45) is 20.0 Å². The molecule has 3 heterocycles. The molecule has 0 spiro atoms. The summed E-state index contributed by atoms with van der Waals surface area (Å²) < 4.78 is 0. The molecule has 160 valence electrons. The summed E-state index contributed by atoms with van der Waals surface area (Å²) in [6.45, 7) is 0. The molecule has 0 amide bonds. The highest BCUT2D eigenvalue weighted by atomic mass is 15.1. The first-order valence-corrected chi connectivity index (χ1v) is 11.0. The van der Waals surface area contributed by atoms with Crippen LogP contribution in [0.15, 0.2) is 105 Å². The molecule has 0 saturated heterocycles. The van der Waals surface area contributed by atoms with E-state index in [0.717, 1.165) is 43.8 Å². The van der Waals surface area contributed by atoms with Crippen LogP contribution in [0.1, 0.15) is 22.3 Å². The molecule has 2 aliphatic rings. The molecule has 0 unspecified atom stereocenters. The number of benzene rings is 4. The minimum Gasteiger partial charge on any atom is -0.385 e. The van der Waals surface area contributed by atoms with Gasteiger partial charge in [-0.1, -0.05) is 72.8 Å². The predicted octanol–water partition coefficient (Wildman–Crippen LogP) is 5.62. The van der Waals surface area contributed by atoms with Gasteiger partial charge >= 0.3 is 0 Å². The minimum atomic E-state index is 0.591. The van der Waals surface area contributed by atoms with Crippen molar-refractivity contribution in [3.8, 4) is 0 Å². The maximum atomic E-state index is 6.20. The normalized spacial score (nSPS) is 16.5. The number of aliphatic imine (C=N–C) groups is 4. The smallest absolute Gasteiger partial charge is 0.164 e. The monoisotopic (exact) mass is 438 g/mol. The van der Waals surface area contributed by atoms with Gasteiger partial charge in [-0.3, -0.25) is 0 Å². The van der Waals surface area contributed by atoms with Gasteiger partial charge in [0.1, 0.15) is 11.6 Å². The van der Waals surface area contributed by atoms with Crippen LogP contribution in [-0.2, 0) is 0 Å². The highest BCUT2D eigenvalue weighted by molar-refractivity contribution is 6.29. The first kappa shape index (κ1) is 18.7. The second-order valence-electron chi connectivity index (χ2n) is 8.33. The lowest BCUT2D eigenvalue weighted by atomic mass is 10.0. The molecule has 0 aliphatic carbocycles. The Bertz CT molecular complexity index is 1770. The number of anilines is 1. The molecular weight excluding hydrogens is 420 g/mol. The van der Waals surface area contributed by atoms with Crippen LogP contribution in [0.4, 0.5) is 11.6 Å². The molecule has 0 saturated carbocycles. The largest absolute Gasteiger partial charge is 0.385 e. The van der Waals surface area contributed by atoms with Crippen LogP contribution in [-0.4, -0.2) is 28.7 Å². The summed E-state index contributed by atoms with van der Waals surface area (Å²) in [7, 11) is 0. The summed E-state index contributed by atoms with van der Waals surface area (Å²) in [4.78, 5) is 22.4. The number of H-pyrrole nitrogens is 1. The Balaban J connectivity index is 1.44. The van der Waals surface area contributed by atoms with E-state index in [4.69, 9.17) is 20.7 Å². The molecule has 6 nitrogen and oxygen atoms in total. The second kappa shape index (κ2) is 7.08. The Morgan fingerprint density at radius 2 is 1.38 bits per heavy atom. The summed E-state index contributed by atoms with van der Waals surface area (Å²) in [5.74, 6) is 3.14. The van der Waals surface area contributed by atoms with E-state index in [1.807, 2.05) is 66.9 Å². The van der Waals surface area contributed by atoms with Gasteiger partial charge in [0.05, 0.1) is 0 Å². The third kappa shape index (κ3) is 2.82. The number of hydrogen-bond donors (Lipinski definition) is 2. The highest BCUT2D eigenvalue weighted by Crippen LogP contribution is 2.33. The fraction of sp³-hybridized carbons (Fsp3) is 0. The van der Waals surface area contributed by atoms with Crippen molar-refractivity contribution in [1.82, 2.24) is 4.98 Å². The van der Waals surface area contributed by atoms with Crippen LogP contribution in [0.3, 0.4) is 0 Å². The summed E-state index contributed by atoms with van der Waals surface area (Å²) >= 11 is 0. The van der Waals surface area contributed by atoms with Gasteiger partial charge in [-0.2, -0.15) is 0 Å². The van der Waals surface area contributed by atoms with Crippen molar-refractivity contribution in [2.75, 3.05) is 5.73 Å². The number of nitrogens with one attached hydrogen (secondary N) is 1. The molecule has 1 aromatic heterocycles. The van der Waals surface area contributed by atoms with E-state index in [1.54, 1.807) is 0 Å². The third-order valence-electron chi connectivity index (χ3n) is 6.26. The predicted molar refractivity (Wildman–Crippen MR) is 140 cm³/mol. The zero-order chi connectivity index (χ0) is 22.6. The highest BCUT2D eigenvalue weighted by Gasteiger charge is 2.25. The van der Waals surface area contributed by atoms with Crippen molar-refractivity contribution >= 4 is 56.9 Å². The van der Waals surface area contributed by atoms with E-state index in [2.05, 4.69) is 34.2 Å². The van der Waals surface area contributed by atoms with Crippen LogP contribution in [0.25, 0.3) is 21.5 Å². The summed E-state index contributed by atoms with van der Waals surface area (Å²) in [6, 6.07) is 28.5. The van der Waals surface area contributed by atoms with Gasteiger partial charge in [-0.25, -0.2) is 20.0 Å². The molecule has 4 aromatic carbocycles. The van der Waals surface area contributed by atoms with E-state index < -0.39 is 0 Å². The van der Waals surface area contributed by atoms with Crippen molar-refractivity contribution in [3.05, 3.63) is 107 Å². The summed E-state index contributed by atoms with van der Waals surface area (Å²) in [5.41, 5.74) is 10.1. The quantitative estimate of drug-likeness (QED) is 0.349. The van der Waals surface area contributed by atoms with Crippen molar-refractivity contribution in [3.63, 3.8) is 0 Å². The van der Waals surface area contributed by atoms with Gasteiger partial charge in [0.2, 0.25) is 0 Å². The van der Waals surface area contributed by atoms with Gasteiger partial charge in [-0.15, -0.1) is 0 Å². The maximum Gasteiger partial charge on any atom is 0.164 e. The van der Waals surface area contributed by atoms with Crippen LogP contribution in [0.5, 0.6) is 0 Å². The van der Waals surface area contributed by atoms with Crippen LogP contribution in [0.2, 0.25) is 0 Å². The lowest BCUT2D eigenvalue weighted by molar-refractivity contribution is 1.34. The van der Waals surface area contributed by atoms with E-state index in [9.17, 15) is 0 Å². The molecule has 3 N–H and O–H groups in total. The first-order valence-electron chi connectivity index (χ1n) is 11.0. The van der Waals surface area contributed by atoms with Gasteiger partial charge in [-0.05, 0) is 22.9 Å². The molecule has 7 rings (SSSR count). The molecule has 5 aromatic rings. The van der Waals surface area contributed by atoms with Crippen LogP contribution < -0.4 is 5.73 Å². The fourth-order valence-corrected chi connectivity index (χ4v) is 4.59. The van der Waals surface area contributed by atoms with Crippen molar-refractivity contribution in [2.45, 2.75) is 0 Å². The fourth-order valence-electron chi connectivity index (χ4n) is 4.59. The molecule has 0 atom stereocenters. The van der Waals surface area contributed by atoms with E-state index in [1.165, 1.54) is 0 Å². The number of hydrogen-bond acceptors (Lipinski definition) is 3. The third-order valence-corrected chi connectivity index (χ3v) is 6.26. The number of fused-ring (bicyclic) bond motifs is 4. The van der Waals surface area contributed by atoms with Gasteiger partial charge in [0, 0.05) is 39.2 Å². The van der Waals surface area contributed by atoms with Crippen LogP contribution >= 0.6 is 0 Å². The van der Waals surface area contributed by atoms with Gasteiger partial charge in [0.25, 0.3) is 0 Å². The molecular formula is C28H18N6. The molecule has 34 heavy (non-hydrogen) atoms. The van der Waals surface area contributed by atoms with E-state index >= 15 is 0 Å². The average Bonchev–Trinajstić information content (AvgIpc) is 3.53. The number of aromatic amines is 1. The molecule has 6 heteroatoms. The van der Waals surface area contributed by atoms with Gasteiger partial charge < -0.3 is 10.7 Å². The second-order valence-corrected chi connectivity index (χ2v) is 8.33. The van der Waals surface area contributed by atoms with E-state index in [0.29, 0.717) is 29.1 Å².